The predicted molar refractivity (Wildman–Crippen MR) is 33.2 cm³/mol. The lowest BCUT2D eigenvalue weighted by Gasteiger charge is -2.01. The first-order chi connectivity index (χ1) is 3.98. The van der Waals surface area contributed by atoms with Crippen molar-refractivity contribution in [3.8, 4) is 0 Å². The molecule has 0 bridgehead atoms. The van der Waals surface area contributed by atoms with E-state index in [1.54, 1.807) is 0 Å². The monoisotopic (exact) mass is 155 g/mol. The zero-order chi connectivity index (χ0) is 7.49. The Morgan fingerprint density at radius 2 is 2.11 bits per heavy atom. The van der Waals surface area contributed by atoms with Gasteiger partial charge in [-0.2, -0.15) is 8.42 Å². The Hall–Kier alpha value is -0.160. The molecule has 0 fully saturated rings. The number of rotatable bonds is 3. The first-order valence-electron chi connectivity index (χ1n) is 2.62. The van der Waals surface area contributed by atoms with Crippen molar-refractivity contribution >= 4 is 10.2 Å². The first kappa shape index (κ1) is 8.84. The van der Waals surface area contributed by atoms with Crippen LogP contribution in [-0.4, -0.2) is 20.2 Å². The molecule has 0 spiro atoms. The lowest BCUT2D eigenvalue weighted by Crippen LogP contribution is -2.17. The summed E-state index contributed by atoms with van der Waals surface area (Å²) >= 11 is 0. The van der Waals surface area contributed by atoms with Gasteiger partial charge in [0.15, 0.2) is 0 Å². The van der Waals surface area contributed by atoms with Crippen molar-refractivity contribution in [3.05, 3.63) is 0 Å². The van der Waals surface area contributed by atoms with Gasteiger partial charge in [-0.05, 0) is 19.9 Å². The van der Waals surface area contributed by atoms with E-state index >= 15 is 0 Å². The highest BCUT2D eigenvalue weighted by Crippen LogP contribution is 2.05. The summed E-state index contributed by atoms with van der Waals surface area (Å²) in [4.78, 5) is 0. The van der Waals surface area contributed by atoms with Gasteiger partial charge in [-0.3, -0.25) is 0 Å². The number of halogens is 1. The number of nitrogens with two attached hydrogens (primary N) is 1. The third-order valence-electron chi connectivity index (χ3n) is 1.05. The van der Waals surface area contributed by atoms with Crippen molar-refractivity contribution in [2.75, 3.05) is 6.54 Å². The Bertz CT molecular complexity index is 165. The van der Waals surface area contributed by atoms with Crippen LogP contribution in [0.2, 0.25) is 0 Å². The van der Waals surface area contributed by atoms with Crippen LogP contribution >= 0.6 is 0 Å². The maximum absolute atomic E-state index is 11.9. The molecule has 0 amide bonds. The van der Waals surface area contributed by atoms with E-state index < -0.39 is 15.5 Å². The Balaban J connectivity index is 3.90. The van der Waals surface area contributed by atoms with Crippen LogP contribution in [0.25, 0.3) is 0 Å². The minimum absolute atomic E-state index is 0.179. The molecule has 0 heterocycles. The summed E-state index contributed by atoms with van der Waals surface area (Å²) in [6.07, 6.45) is 0.179. The molecule has 56 valence electrons. The quantitative estimate of drug-likeness (QED) is 0.584. The van der Waals surface area contributed by atoms with Crippen LogP contribution in [0.1, 0.15) is 13.3 Å². The van der Waals surface area contributed by atoms with Gasteiger partial charge in [0.25, 0.3) is 0 Å². The van der Waals surface area contributed by atoms with Gasteiger partial charge >= 0.3 is 10.2 Å². The lowest BCUT2D eigenvalue weighted by atomic mass is 10.3. The molecular formula is C4H10FNO2S. The zero-order valence-electron chi connectivity index (χ0n) is 5.17. The molecule has 2 N–H and O–H groups in total. The maximum atomic E-state index is 11.9. The topological polar surface area (TPSA) is 60.2 Å². The number of hydrogen-bond donors (Lipinski definition) is 1. The van der Waals surface area contributed by atoms with E-state index in [4.69, 9.17) is 5.73 Å². The second kappa shape index (κ2) is 3.12. The average molecular weight is 155 g/mol. The largest absolute Gasteiger partial charge is 0.330 e. The standard InChI is InChI=1S/C4H10FNO2S/c1-4(2-3-6)9(5,7)8/h4H,2-3,6H2,1H3. The molecule has 1 atom stereocenters. The molecule has 0 radical (unpaired) electrons. The Morgan fingerprint density at radius 3 is 2.22 bits per heavy atom. The molecule has 0 aromatic rings. The van der Waals surface area contributed by atoms with E-state index in [2.05, 4.69) is 0 Å². The van der Waals surface area contributed by atoms with E-state index in [0.717, 1.165) is 0 Å². The summed E-state index contributed by atoms with van der Waals surface area (Å²) in [5.74, 6) is 0. The minimum Gasteiger partial charge on any atom is -0.330 e. The highest BCUT2D eigenvalue weighted by atomic mass is 32.3. The molecule has 0 aromatic heterocycles. The van der Waals surface area contributed by atoms with Crippen LogP contribution in [0, 0.1) is 0 Å². The van der Waals surface area contributed by atoms with Crippen molar-refractivity contribution in [1.29, 1.82) is 0 Å². The van der Waals surface area contributed by atoms with E-state index in [1.165, 1.54) is 6.92 Å². The SMILES string of the molecule is CC(CCN)S(=O)(=O)F. The van der Waals surface area contributed by atoms with Crippen molar-refractivity contribution < 1.29 is 12.3 Å². The van der Waals surface area contributed by atoms with Crippen molar-refractivity contribution in [1.82, 2.24) is 0 Å². The van der Waals surface area contributed by atoms with Crippen LogP contribution in [0.5, 0.6) is 0 Å². The smallest absolute Gasteiger partial charge is 0.305 e. The normalized spacial score (nSPS) is 15.4. The fourth-order valence-corrected chi connectivity index (χ4v) is 0.793. The molecule has 0 aliphatic carbocycles. The van der Waals surface area contributed by atoms with Gasteiger partial charge in [-0.1, -0.05) is 0 Å². The summed E-state index contributed by atoms with van der Waals surface area (Å²) < 4.78 is 31.9. The maximum Gasteiger partial charge on any atom is 0.305 e. The Labute approximate surface area is 54.3 Å². The molecule has 0 saturated carbocycles. The number of hydrogen-bond acceptors (Lipinski definition) is 3. The molecule has 0 aliphatic heterocycles. The minimum atomic E-state index is -4.34. The Morgan fingerprint density at radius 1 is 1.67 bits per heavy atom. The highest BCUT2D eigenvalue weighted by molar-refractivity contribution is 7.86. The van der Waals surface area contributed by atoms with Crippen LogP contribution in [0.4, 0.5) is 3.89 Å². The molecule has 5 heteroatoms. The summed E-state index contributed by atoms with van der Waals surface area (Å²) in [7, 11) is -4.34. The van der Waals surface area contributed by atoms with Crippen LogP contribution < -0.4 is 5.73 Å². The van der Waals surface area contributed by atoms with Gasteiger partial charge in [0.1, 0.15) is 0 Å². The second-order valence-electron chi connectivity index (χ2n) is 1.86. The van der Waals surface area contributed by atoms with Gasteiger partial charge in [0.2, 0.25) is 0 Å². The molecule has 0 saturated heterocycles. The Kier molecular flexibility index (Phi) is 3.07. The molecule has 0 aliphatic rings. The van der Waals surface area contributed by atoms with Gasteiger partial charge in [0, 0.05) is 0 Å². The van der Waals surface area contributed by atoms with Gasteiger partial charge in [0.05, 0.1) is 5.25 Å². The summed E-state index contributed by atoms with van der Waals surface area (Å²) in [6, 6.07) is 0. The van der Waals surface area contributed by atoms with Crippen molar-refractivity contribution in [2.45, 2.75) is 18.6 Å². The van der Waals surface area contributed by atoms with Crippen LogP contribution in [0.3, 0.4) is 0 Å². The van der Waals surface area contributed by atoms with Gasteiger partial charge < -0.3 is 5.73 Å². The van der Waals surface area contributed by atoms with Crippen LogP contribution in [0.15, 0.2) is 0 Å². The fraction of sp³-hybridized carbons (Fsp3) is 1.00. The highest BCUT2D eigenvalue weighted by Gasteiger charge is 2.17. The van der Waals surface area contributed by atoms with E-state index in [0.29, 0.717) is 0 Å². The summed E-state index contributed by atoms with van der Waals surface area (Å²) in [6.45, 7) is 1.49. The average Bonchev–Trinajstić information content (AvgIpc) is 1.64. The fourth-order valence-electron chi connectivity index (χ4n) is 0.375. The van der Waals surface area contributed by atoms with Crippen LogP contribution in [-0.2, 0) is 10.2 Å². The first-order valence-corrected chi connectivity index (χ1v) is 4.06. The van der Waals surface area contributed by atoms with E-state index in [-0.39, 0.29) is 13.0 Å². The van der Waals surface area contributed by atoms with E-state index in [1.807, 2.05) is 0 Å². The molecule has 0 rings (SSSR count). The molecule has 3 nitrogen and oxygen atoms in total. The predicted octanol–water partition coefficient (Wildman–Crippen LogP) is 0.0230. The summed E-state index contributed by atoms with van der Waals surface area (Å²) in [5, 5.41) is -0.956. The molecule has 0 aromatic carbocycles. The molecule has 1 unspecified atom stereocenters. The van der Waals surface area contributed by atoms with Gasteiger partial charge in [-0.25, -0.2) is 0 Å². The summed E-state index contributed by atoms with van der Waals surface area (Å²) in [5.41, 5.74) is 5.00. The van der Waals surface area contributed by atoms with Crippen molar-refractivity contribution in [3.63, 3.8) is 0 Å². The van der Waals surface area contributed by atoms with Gasteiger partial charge in [-0.15, -0.1) is 3.89 Å². The van der Waals surface area contributed by atoms with Crippen molar-refractivity contribution in [2.24, 2.45) is 5.73 Å². The second-order valence-corrected chi connectivity index (χ2v) is 3.62. The zero-order valence-corrected chi connectivity index (χ0v) is 5.99. The molecular weight excluding hydrogens is 145 g/mol. The third-order valence-corrected chi connectivity index (χ3v) is 2.25. The third kappa shape index (κ3) is 3.42. The lowest BCUT2D eigenvalue weighted by molar-refractivity contribution is 0.533. The van der Waals surface area contributed by atoms with E-state index in [9.17, 15) is 12.3 Å². The molecule has 9 heavy (non-hydrogen) atoms.